The number of aliphatic hydroxyl groups excluding tert-OH is 1. The summed E-state index contributed by atoms with van der Waals surface area (Å²) >= 11 is 0. The summed E-state index contributed by atoms with van der Waals surface area (Å²) in [5.74, 6) is 0.806. The zero-order valence-electron chi connectivity index (χ0n) is 11.6. The molecule has 0 unspecified atom stereocenters. The highest BCUT2D eigenvalue weighted by Gasteiger charge is 2.18. The Bertz CT molecular complexity index is 437. The molecule has 5 heteroatoms. The molecule has 1 saturated carbocycles. The van der Waals surface area contributed by atoms with Gasteiger partial charge in [-0.2, -0.15) is 0 Å². The van der Waals surface area contributed by atoms with Gasteiger partial charge in [-0.05, 0) is 43.7 Å². The standard InChI is InChI=1S/C15H23N3O2/c16-15(18-20)13-5-1-11(2-6-13)9-17-10-12-3-7-14(19)8-4-12/h1-2,5-6,12,14,17,19-20H,3-4,7-10H2,(H2,16,18). The quantitative estimate of drug-likeness (QED) is 0.283. The van der Waals surface area contributed by atoms with Gasteiger partial charge in [-0.3, -0.25) is 0 Å². The van der Waals surface area contributed by atoms with Crippen LogP contribution in [0.5, 0.6) is 0 Å². The number of hydrogen-bond acceptors (Lipinski definition) is 4. The topological polar surface area (TPSA) is 90.9 Å². The lowest BCUT2D eigenvalue weighted by Gasteiger charge is -2.25. The van der Waals surface area contributed by atoms with Gasteiger partial charge < -0.3 is 21.4 Å². The Kier molecular flexibility index (Phi) is 5.38. The van der Waals surface area contributed by atoms with E-state index >= 15 is 0 Å². The smallest absolute Gasteiger partial charge is 0.170 e. The molecule has 0 amide bonds. The molecule has 1 aliphatic carbocycles. The molecule has 0 saturated heterocycles. The average molecular weight is 277 g/mol. The zero-order valence-corrected chi connectivity index (χ0v) is 11.6. The van der Waals surface area contributed by atoms with Crippen molar-refractivity contribution in [3.05, 3.63) is 35.4 Å². The molecule has 0 heterocycles. The number of nitrogens with two attached hydrogens (primary N) is 1. The summed E-state index contributed by atoms with van der Waals surface area (Å²) < 4.78 is 0. The minimum Gasteiger partial charge on any atom is -0.409 e. The lowest BCUT2D eigenvalue weighted by molar-refractivity contribution is 0.108. The number of oxime groups is 1. The Labute approximate surface area is 119 Å². The van der Waals surface area contributed by atoms with Crippen LogP contribution in [0.4, 0.5) is 0 Å². The van der Waals surface area contributed by atoms with Crippen molar-refractivity contribution in [1.29, 1.82) is 0 Å². The van der Waals surface area contributed by atoms with Crippen molar-refractivity contribution < 1.29 is 10.3 Å². The van der Waals surface area contributed by atoms with Crippen LogP contribution in [0.2, 0.25) is 0 Å². The lowest BCUT2D eigenvalue weighted by Crippen LogP contribution is -2.27. The second-order valence-corrected chi connectivity index (χ2v) is 5.49. The highest BCUT2D eigenvalue weighted by molar-refractivity contribution is 5.96. The lowest BCUT2D eigenvalue weighted by atomic mass is 9.87. The summed E-state index contributed by atoms with van der Waals surface area (Å²) in [4.78, 5) is 0. The summed E-state index contributed by atoms with van der Waals surface area (Å²) in [6.45, 7) is 1.81. The second kappa shape index (κ2) is 7.26. The van der Waals surface area contributed by atoms with Gasteiger partial charge in [0.05, 0.1) is 6.10 Å². The van der Waals surface area contributed by atoms with Gasteiger partial charge in [0, 0.05) is 12.1 Å². The molecule has 0 aliphatic heterocycles. The third-order valence-electron chi connectivity index (χ3n) is 3.94. The van der Waals surface area contributed by atoms with Gasteiger partial charge in [-0.15, -0.1) is 0 Å². The molecule has 5 nitrogen and oxygen atoms in total. The third-order valence-corrected chi connectivity index (χ3v) is 3.94. The van der Waals surface area contributed by atoms with E-state index in [4.69, 9.17) is 10.9 Å². The van der Waals surface area contributed by atoms with Gasteiger partial charge in [0.15, 0.2) is 5.84 Å². The van der Waals surface area contributed by atoms with Gasteiger partial charge >= 0.3 is 0 Å². The van der Waals surface area contributed by atoms with Crippen molar-refractivity contribution in [2.45, 2.75) is 38.3 Å². The van der Waals surface area contributed by atoms with Gasteiger partial charge in [0.1, 0.15) is 0 Å². The summed E-state index contributed by atoms with van der Waals surface area (Å²) in [6.07, 6.45) is 3.99. The van der Waals surface area contributed by atoms with Crippen LogP contribution in [0.3, 0.4) is 0 Å². The highest BCUT2D eigenvalue weighted by Crippen LogP contribution is 2.23. The number of nitrogens with one attached hydrogen (secondary N) is 1. The van der Waals surface area contributed by atoms with Crippen molar-refractivity contribution in [1.82, 2.24) is 5.32 Å². The van der Waals surface area contributed by atoms with Crippen LogP contribution in [-0.2, 0) is 6.54 Å². The van der Waals surface area contributed by atoms with E-state index in [1.165, 1.54) is 5.56 Å². The predicted molar refractivity (Wildman–Crippen MR) is 78.6 cm³/mol. The van der Waals surface area contributed by atoms with E-state index in [2.05, 4.69) is 10.5 Å². The van der Waals surface area contributed by atoms with Crippen LogP contribution >= 0.6 is 0 Å². The van der Waals surface area contributed by atoms with Crippen molar-refractivity contribution in [2.24, 2.45) is 16.8 Å². The van der Waals surface area contributed by atoms with Crippen LogP contribution in [-0.4, -0.2) is 28.8 Å². The van der Waals surface area contributed by atoms with Gasteiger partial charge in [0.25, 0.3) is 0 Å². The maximum Gasteiger partial charge on any atom is 0.170 e. The van der Waals surface area contributed by atoms with Crippen molar-refractivity contribution in [3.63, 3.8) is 0 Å². The van der Waals surface area contributed by atoms with Gasteiger partial charge in [0.2, 0.25) is 0 Å². The Morgan fingerprint density at radius 2 is 1.85 bits per heavy atom. The van der Waals surface area contributed by atoms with Crippen LogP contribution in [0.15, 0.2) is 29.4 Å². The maximum absolute atomic E-state index is 9.46. The normalized spacial score (nSPS) is 23.8. The zero-order chi connectivity index (χ0) is 14.4. The molecule has 0 spiro atoms. The summed E-state index contributed by atoms with van der Waals surface area (Å²) in [6, 6.07) is 7.65. The molecule has 20 heavy (non-hydrogen) atoms. The minimum absolute atomic E-state index is 0.0857. The number of rotatable bonds is 5. The third kappa shape index (κ3) is 4.21. The van der Waals surface area contributed by atoms with E-state index in [-0.39, 0.29) is 11.9 Å². The van der Waals surface area contributed by atoms with Gasteiger partial charge in [-0.25, -0.2) is 0 Å². The molecule has 1 aliphatic rings. The average Bonchev–Trinajstić information content (AvgIpc) is 2.49. The first-order chi connectivity index (χ1) is 9.69. The first kappa shape index (κ1) is 14.8. The number of amidine groups is 1. The minimum atomic E-state index is -0.0857. The Morgan fingerprint density at radius 1 is 1.20 bits per heavy atom. The molecule has 1 fully saturated rings. The number of aliphatic hydroxyl groups is 1. The van der Waals surface area contributed by atoms with Crippen molar-refractivity contribution in [3.8, 4) is 0 Å². The van der Waals surface area contributed by atoms with E-state index < -0.39 is 0 Å². The second-order valence-electron chi connectivity index (χ2n) is 5.49. The van der Waals surface area contributed by atoms with E-state index in [0.29, 0.717) is 5.92 Å². The first-order valence-corrected chi connectivity index (χ1v) is 7.14. The molecule has 110 valence electrons. The Morgan fingerprint density at radius 3 is 2.45 bits per heavy atom. The monoisotopic (exact) mass is 277 g/mol. The Hall–Kier alpha value is -1.59. The van der Waals surface area contributed by atoms with Crippen LogP contribution in [0.1, 0.15) is 36.8 Å². The fourth-order valence-corrected chi connectivity index (χ4v) is 2.62. The molecule has 1 aromatic rings. The Balaban J connectivity index is 1.74. The molecule has 0 atom stereocenters. The fourth-order valence-electron chi connectivity index (χ4n) is 2.62. The molecule has 0 radical (unpaired) electrons. The van der Waals surface area contributed by atoms with Crippen LogP contribution in [0.25, 0.3) is 0 Å². The molecule has 5 N–H and O–H groups in total. The largest absolute Gasteiger partial charge is 0.409 e. The number of nitrogens with zero attached hydrogens (tertiary/aromatic N) is 1. The SMILES string of the molecule is N/C(=N/O)c1ccc(CNCC2CCC(O)CC2)cc1. The molecule has 0 bridgehead atoms. The van der Waals surface area contributed by atoms with Crippen molar-refractivity contribution in [2.75, 3.05) is 6.54 Å². The highest BCUT2D eigenvalue weighted by atomic mass is 16.4. The fraction of sp³-hybridized carbons (Fsp3) is 0.533. The van der Waals surface area contributed by atoms with E-state index in [0.717, 1.165) is 44.3 Å². The molecule has 2 rings (SSSR count). The van der Waals surface area contributed by atoms with E-state index in [1.807, 2.05) is 24.3 Å². The summed E-state index contributed by atoms with van der Waals surface area (Å²) in [5.41, 5.74) is 7.41. The molecule has 0 aromatic heterocycles. The molecular weight excluding hydrogens is 254 g/mol. The maximum atomic E-state index is 9.46. The molecular formula is C15H23N3O2. The van der Waals surface area contributed by atoms with Crippen LogP contribution in [0, 0.1) is 5.92 Å². The van der Waals surface area contributed by atoms with Crippen LogP contribution < -0.4 is 11.1 Å². The summed E-state index contributed by atoms with van der Waals surface area (Å²) in [7, 11) is 0. The summed E-state index contributed by atoms with van der Waals surface area (Å²) in [5, 5.41) is 24.5. The first-order valence-electron chi connectivity index (χ1n) is 7.14. The molecule has 1 aromatic carbocycles. The van der Waals surface area contributed by atoms with Crippen molar-refractivity contribution >= 4 is 5.84 Å². The predicted octanol–water partition coefficient (Wildman–Crippen LogP) is 1.42. The van der Waals surface area contributed by atoms with E-state index in [1.54, 1.807) is 0 Å². The number of hydrogen-bond donors (Lipinski definition) is 4. The van der Waals surface area contributed by atoms with Gasteiger partial charge in [-0.1, -0.05) is 29.4 Å². The number of benzene rings is 1. The van der Waals surface area contributed by atoms with E-state index in [9.17, 15) is 5.11 Å².